The maximum atomic E-state index is 13.9. The third kappa shape index (κ3) is 6.90. The largest absolute Gasteiger partial charge is 0.339 e. The summed E-state index contributed by atoms with van der Waals surface area (Å²) in [6, 6.07) is 18.6. The number of amides is 1. The van der Waals surface area contributed by atoms with Crippen LogP contribution in [-0.2, 0) is 6.42 Å². The first-order valence-corrected chi connectivity index (χ1v) is 13.0. The predicted octanol–water partition coefficient (Wildman–Crippen LogP) is 8.07. The molecule has 176 valence electrons. The number of hydrogen-bond acceptors (Lipinski definition) is 2. The highest BCUT2D eigenvalue weighted by Gasteiger charge is 2.19. The van der Waals surface area contributed by atoms with Gasteiger partial charge in [-0.15, -0.1) is 0 Å². The van der Waals surface area contributed by atoms with E-state index in [4.69, 9.17) is 4.98 Å². The average molecular weight is 445 g/mol. The summed E-state index contributed by atoms with van der Waals surface area (Å²) in [6.07, 6.45) is 10.4. The van der Waals surface area contributed by atoms with Crippen LogP contribution < -0.4 is 0 Å². The number of carbonyl (C=O) groups is 1. The Hall–Kier alpha value is -2.68. The molecule has 3 heteroatoms. The van der Waals surface area contributed by atoms with Crippen LogP contribution >= 0.6 is 0 Å². The molecule has 0 spiro atoms. The van der Waals surface area contributed by atoms with Crippen LogP contribution in [0.5, 0.6) is 0 Å². The molecule has 0 fully saturated rings. The third-order valence-electron chi connectivity index (χ3n) is 6.45. The number of fused-ring (bicyclic) bond motifs is 1. The van der Waals surface area contributed by atoms with Crippen LogP contribution in [0.1, 0.15) is 88.1 Å². The molecular formula is C30H40N2O. The Morgan fingerprint density at radius 2 is 1.42 bits per heavy atom. The SMILES string of the molecule is CCCCCCN(CCCCCC)C(=O)c1cc(-c2ccc(CC)cc2)nc2ccccc12. The van der Waals surface area contributed by atoms with E-state index in [1.807, 2.05) is 30.3 Å². The number of unbranched alkanes of at least 4 members (excludes halogenated alkanes) is 6. The molecule has 3 aromatic rings. The van der Waals surface area contributed by atoms with E-state index in [1.165, 1.54) is 44.1 Å². The van der Waals surface area contributed by atoms with Crippen molar-refractivity contribution < 1.29 is 4.79 Å². The second-order valence-electron chi connectivity index (χ2n) is 9.04. The first-order chi connectivity index (χ1) is 16.2. The Morgan fingerprint density at radius 3 is 2.03 bits per heavy atom. The van der Waals surface area contributed by atoms with Gasteiger partial charge in [-0.3, -0.25) is 4.79 Å². The number of benzene rings is 2. The van der Waals surface area contributed by atoms with E-state index in [1.54, 1.807) is 0 Å². The number of hydrogen-bond donors (Lipinski definition) is 0. The molecule has 3 rings (SSSR count). The van der Waals surface area contributed by atoms with E-state index >= 15 is 0 Å². The molecule has 0 atom stereocenters. The fraction of sp³-hybridized carbons (Fsp3) is 0.467. The minimum Gasteiger partial charge on any atom is -0.339 e. The van der Waals surface area contributed by atoms with Crippen LogP contribution in [0, 0.1) is 0 Å². The standard InChI is InChI=1S/C30H40N2O/c1-4-7-9-13-21-32(22-14-10-8-5-2)30(33)27-23-29(25-19-17-24(6-3)18-20-25)31-28-16-12-11-15-26(27)28/h11-12,15-20,23H,4-10,13-14,21-22H2,1-3H3. The smallest absolute Gasteiger partial charge is 0.254 e. The Balaban J connectivity index is 1.93. The van der Waals surface area contributed by atoms with Crippen LogP contribution in [-0.4, -0.2) is 28.9 Å². The lowest BCUT2D eigenvalue weighted by molar-refractivity contribution is 0.0751. The summed E-state index contributed by atoms with van der Waals surface area (Å²) < 4.78 is 0. The minimum absolute atomic E-state index is 0.146. The van der Waals surface area contributed by atoms with Crippen molar-refractivity contribution in [2.45, 2.75) is 78.6 Å². The van der Waals surface area contributed by atoms with Gasteiger partial charge >= 0.3 is 0 Å². The number of pyridine rings is 1. The summed E-state index contributed by atoms with van der Waals surface area (Å²) in [6.45, 7) is 8.29. The van der Waals surface area contributed by atoms with Crippen LogP contribution in [0.4, 0.5) is 0 Å². The van der Waals surface area contributed by atoms with Crippen LogP contribution in [0.25, 0.3) is 22.2 Å². The summed E-state index contributed by atoms with van der Waals surface area (Å²) in [5.74, 6) is 0.146. The van der Waals surface area contributed by atoms with Gasteiger partial charge in [-0.2, -0.15) is 0 Å². The Labute approximate surface area is 200 Å². The highest BCUT2D eigenvalue weighted by molar-refractivity contribution is 6.07. The van der Waals surface area contributed by atoms with Gasteiger partial charge in [-0.25, -0.2) is 4.98 Å². The maximum absolute atomic E-state index is 13.9. The van der Waals surface area contributed by atoms with E-state index in [0.717, 1.165) is 60.1 Å². The highest BCUT2D eigenvalue weighted by Crippen LogP contribution is 2.26. The summed E-state index contributed by atoms with van der Waals surface area (Å²) in [5.41, 5.74) is 4.90. The molecule has 0 aliphatic carbocycles. The predicted molar refractivity (Wildman–Crippen MR) is 141 cm³/mol. The van der Waals surface area contributed by atoms with E-state index in [-0.39, 0.29) is 5.91 Å². The molecule has 0 aliphatic rings. The van der Waals surface area contributed by atoms with E-state index in [0.29, 0.717) is 0 Å². The quantitative estimate of drug-likeness (QED) is 0.250. The molecule has 0 radical (unpaired) electrons. The second-order valence-corrected chi connectivity index (χ2v) is 9.04. The Morgan fingerprint density at radius 1 is 0.788 bits per heavy atom. The molecule has 2 aromatic carbocycles. The molecule has 33 heavy (non-hydrogen) atoms. The Bertz CT molecular complexity index is 997. The lowest BCUT2D eigenvalue weighted by atomic mass is 10.0. The summed E-state index contributed by atoms with van der Waals surface area (Å²) in [5, 5.41) is 0.948. The summed E-state index contributed by atoms with van der Waals surface area (Å²) in [4.78, 5) is 20.9. The lowest BCUT2D eigenvalue weighted by Gasteiger charge is -2.24. The van der Waals surface area contributed by atoms with Gasteiger partial charge in [0.2, 0.25) is 0 Å². The van der Waals surface area contributed by atoms with E-state index in [9.17, 15) is 4.79 Å². The highest BCUT2D eigenvalue weighted by atomic mass is 16.2. The summed E-state index contributed by atoms with van der Waals surface area (Å²) >= 11 is 0. The fourth-order valence-corrected chi connectivity index (χ4v) is 4.36. The number of carbonyl (C=O) groups excluding carboxylic acids is 1. The molecule has 0 aliphatic heterocycles. The number of para-hydroxylation sites is 1. The van der Waals surface area contributed by atoms with Crippen molar-refractivity contribution in [3.05, 3.63) is 65.7 Å². The van der Waals surface area contributed by atoms with Crippen molar-refractivity contribution in [1.29, 1.82) is 0 Å². The molecule has 0 bridgehead atoms. The van der Waals surface area contributed by atoms with Gasteiger partial charge in [0, 0.05) is 24.0 Å². The molecular weight excluding hydrogens is 404 g/mol. The zero-order valence-electron chi connectivity index (χ0n) is 20.8. The molecule has 0 unspecified atom stereocenters. The topological polar surface area (TPSA) is 33.2 Å². The fourth-order valence-electron chi connectivity index (χ4n) is 4.36. The van der Waals surface area contributed by atoms with Gasteiger partial charge in [0.15, 0.2) is 0 Å². The zero-order chi connectivity index (χ0) is 23.5. The Kier molecular flexibility index (Phi) is 9.93. The van der Waals surface area contributed by atoms with Crippen molar-refractivity contribution in [1.82, 2.24) is 9.88 Å². The lowest BCUT2D eigenvalue weighted by Crippen LogP contribution is -2.33. The van der Waals surface area contributed by atoms with Crippen molar-refractivity contribution in [3.63, 3.8) is 0 Å². The monoisotopic (exact) mass is 444 g/mol. The van der Waals surface area contributed by atoms with Gasteiger partial charge in [-0.1, -0.05) is 102 Å². The van der Waals surface area contributed by atoms with Gasteiger partial charge in [0.05, 0.1) is 16.8 Å². The van der Waals surface area contributed by atoms with Gasteiger partial charge in [0.1, 0.15) is 0 Å². The van der Waals surface area contributed by atoms with E-state index < -0.39 is 0 Å². The van der Waals surface area contributed by atoms with Crippen LogP contribution in [0.2, 0.25) is 0 Å². The minimum atomic E-state index is 0.146. The molecule has 1 heterocycles. The first-order valence-electron chi connectivity index (χ1n) is 13.0. The molecule has 0 N–H and O–H groups in total. The van der Waals surface area contributed by atoms with E-state index in [2.05, 4.69) is 49.9 Å². The number of aryl methyl sites for hydroxylation is 1. The molecule has 1 amide bonds. The normalized spacial score (nSPS) is 11.1. The van der Waals surface area contributed by atoms with Crippen molar-refractivity contribution in [3.8, 4) is 11.3 Å². The van der Waals surface area contributed by atoms with Gasteiger partial charge in [0.25, 0.3) is 5.91 Å². The van der Waals surface area contributed by atoms with Crippen LogP contribution in [0.15, 0.2) is 54.6 Å². The van der Waals surface area contributed by atoms with Crippen LogP contribution in [0.3, 0.4) is 0 Å². The molecule has 3 nitrogen and oxygen atoms in total. The number of nitrogens with zero attached hydrogens (tertiary/aromatic N) is 2. The zero-order valence-corrected chi connectivity index (χ0v) is 20.8. The van der Waals surface area contributed by atoms with Crippen molar-refractivity contribution in [2.24, 2.45) is 0 Å². The maximum Gasteiger partial charge on any atom is 0.254 e. The molecule has 0 saturated heterocycles. The van der Waals surface area contributed by atoms with Crippen molar-refractivity contribution >= 4 is 16.8 Å². The molecule has 0 saturated carbocycles. The second kappa shape index (κ2) is 13.1. The third-order valence-corrected chi connectivity index (χ3v) is 6.45. The number of rotatable bonds is 13. The first kappa shape index (κ1) is 25.0. The average Bonchev–Trinajstić information content (AvgIpc) is 2.86. The summed E-state index contributed by atoms with van der Waals surface area (Å²) in [7, 11) is 0. The van der Waals surface area contributed by atoms with Crippen molar-refractivity contribution in [2.75, 3.05) is 13.1 Å². The molecule has 1 aromatic heterocycles. The van der Waals surface area contributed by atoms with Gasteiger partial charge in [-0.05, 0) is 37.0 Å². The van der Waals surface area contributed by atoms with Gasteiger partial charge < -0.3 is 4.90 Å². The number of aromatic nitrogens is 1.